The molecule has 0 amide bonds. The van der Waals surface area contributed by atoms with E-state index in [1.807, 2.05) is 24.9 Å². The maximum absolute atomic E-state index is 8.55. The van der Waals surface area contributed by atoms with Gasteiger partial charge in [0.25, 0.3) is 0 Å². The van der Waals surface area contributed by atoms with E-state index in [4.69, 9.17) is 10.9 Å². The number of tetrazole rings is 1. The molecule has 1 atom stereocenters. The van der Waals surface area contributed by atoms with Crippen molar-refractivity contribution in [3.05, 3.63) is 12.1 Å². The zero-order valence-corrected chi connectivity index (χ0v) is 10.1. The second kappa shape index (κ2) is 4.82. The number of rotatable bonds is 4. The third-order valence-corrected chi connectivity index (χ3v) is 2.71. The SMILES string of the molecule is CC(CC(N)=NO)N(C)c1ccc2nnnn2n1. The highest BCUT2D eigenvalue weighted by Crippen LogP contribution is 2.13. The fourth-order valence-electron chi connectivity index (χ4n) is 1.53. The van der Waals surface area contributed by atoms with Gasteiger partial charge in [-0.05, 0) is 29.5 Å². The van der Waals surface area contributed by atoms with Crippen molar-refractivity contribution in [2.75, 3.05) is 11.9 Å². The van der Waals surface area contributed by atoms with E-state index in [1.54, 1.807) is 6.07 Å². The van der Waals surface area contributed by atoms with Gasteiger partial charge in [0, 0.05) is 19.5 Å². The van der Waals surface area contributed by atoms with E-state index in [9.17, 15) is 0 Å². The molecule has 3 N–H and O–H groups in total. The molecule has 9 heteroatoms. The van der Waals surface area contributed by atoms with Crippen molar-refractivity contribution in [3.63, 3.8) is 0 Å². The molecule has 2 aromatic heterocycles. The number of hydrogen-bond acceptors (Lipinski definition) is 7. The van der Waals surface area contributed by atoms with Gasteiger partial charge >= 0.3 is 0 Å². The second-order valence-electron chi connectivity index (χ2n) is 3.97. The van der Waals surface area contributed by atoms with Crippen LogP contribution in [0.2, 0.25) is 0 Å². The summed E-state index contributed by atoms with van der Waals surface area (Å²) in [6.45, 7) is 1.95. The Morgan fingerprint density at radius 3 is 3.11 bits per heavy atom. The Morgan fingerprint density at radius 2 is 2.39 bits per heavy atom. The quantitative estimate of drug-likeness (QED) is 0.324. The van der Waals surface area contributed by atoms with E-state index in [0.29, 0.717) is 17.9 Å². The first kappa shape index (κ1) is 12.0. The van der Waals surface area contributed by atoms with Gasteiger partial charge in [0.05, 0.1) is 0 Å². The van der Waals surface area contributed by atoms with E-state index in [-0.39, 0.29) is 11.9 Å². The summed E-state index contributed by atoms with van der Waals surface area (Å²) in [5, 5.41) is 26.8. The Hall–Kier alpha value is -2.45. The largest absolute Gasteiger partial charge is 0.409 e. The molecule has 9 nitrogen and oxygen atoms in total. The molecule has 0 radical (unpaired) electrons. The predicted molar refractivity (Wildman–Crippen MR) is 64.5 cm³/mol. The number of nitrogens with zero attached hydrogens (tertiary/aromatic N) is 7. The lowest BCUT2D eigenvalue weighted by Gasteiger charge is -2.24. The highest BCUT2D eigenvalue weighted by Gasteiger charge is 2.14. The van der Waals surface area contributed by atoms with Crippen LogP contribution in [-0.2, 0) is 0 Å². The first-order chi connectivity index (χ1) is 8.61. The lowest BCUT2D eigenvalue weighted by Crippen LogP contribution is -2.34. The van der Waals surface area contributed by atoms with Crippen LogP contribution in [0.5, 0.6) is 0 Å². The molecule has 18 heavy (non-hydrogen) atoms. The zero-order valence-electron chi connectivity index (χ0n) is 10.1. The number of hydrogen-bond donors (Lipinski definition) is 2. The molecule has 0 saturated heterocycles. The lowest BCUT2D eigenvalue weighted by molar-refractivity contribution is 0.316. The smallest absolute Gasteiger partial charge is 0.200 e. The van der Waals surface area contributed by atoms with Crippen molar-refractivity contribution in [2.24, 2.45) is 10.9 Å². The Bertz CT molecular complexity index is 564. The van der Waals surface area contributed by atoms with Gasteiger partial charge < -0.3 is 15.8 Å². The van der Waals surface area contributed by atoms with Gasteiger partial charge in [0.2, 0.25) is 0 Å². The number of oxime groups is 1. The summed E-state index contributed by atoms with van der Waals surface area (Å²) < 4.78 is 1.35. The number of fused-ring (bicyclic) bond motifs is 1. The molecular weight excluding hydrogens is 236 g/mol. The van der Waals surface area contributed by atoms with Crippen LogP contribution in [0.25, 0.3) is 5.65 Å². The highest BCUT2D eigenvalue weighted by molar-refractivity contribution is 5.80. The summed E-state index contributed by atoms with van der Waals surface area (Å²) in [5.41, 5.74) is 6.06. The zero-order chi connectivity index (χ0) is 13.1. The van der Waals surface area contributed by atoms with Crippen molar-refractivity contribution in [2.45, 2.75) is 19.4 Å². The Balaban J connectivity index is 2.19. The van der Waals surface area contributed by atoms with E-state index >= 15 is 0 Å². The first-order valence-electron chi connectivity index (χ1n) is 5.36. The molecule has 2 heterocycles. The van der Waals surface area contributed by atoms with Gasteiger partial charge in [-0.2, -0.15) is 0 Å². The van der Waals surface area contributed by atoms with Crippen LogP contribution in [0.1, 0.15) is 13.3 Å². The third-order valence-electron chi connectivity index (χ3n) is 2.71. The van der Waals surface area contributed by atoms with Crippen LogP contribution in [0, 0.1) is 0 Å². The van der Waals surface area contributed by atoms with E-state index < -0.39 is 0 Å². The van der Waals surface area contributed by atoms with E-state index in [0.717, 1.165) is 0 Å². The van der Waals surface area contributed by atoms with Crippen LogP contribution >= 0.6 is 0 Å². The average molecular weight is 250 g/mol. The fourth-order valence-corrected chi connectivity index (χ4v) is 1.53. The number of anilines is 1. The molecule has 0 aromatic carbocycles. The van der Waals surface area contributed by atoms with Crippen molar-refractivity contribution in [1.82, 2.24) is 25.3 Å². The fraction of sp³-hybridized carbons (Fsp3) is 0.444. The van der Waals surface area contributed by atoms with E-state index in [1.165, 1.54) is 4.63 Å². The summed E-state index contributed by atoms with van der Waals surface area (Å²) in [7, 11) is 1.87. The summed E-state index contributed by atoms with van der Waals surface area (Å²) >= 11 is 0. The van der Waals surface area contributed by atoms with Gasteiger partial charge in [-0.3, -0.25) is 0 Å². The third kappa shape index (κ3) is 2.29. The van der Waals surface area contributed by atoms with Crippen LogP contribution in [-0.4, -0.2) is 49.4 Å². The van der Waals surface area contributed by atoms with E-state index in [2.05, 4.69) is 25.8 Å². The monoisotopic (exact) mass is 250 g/mol. The molecular formula is C9H14N8O. The lowest BCUT2D eigenvalue weighted by atomic mass is 10.2. The molecule has 0 aliphatic heterocycles. The minimum absolute atomic E-state index is 0.0299. The minimum Gasteiger partial charge on any atom is -0.409 e. The molecule has 1 unspecified atom stereocenters. The molecule has 2 aromatic rings. The Kier molecular flexibility index (Phi) is 3.22. The van der Waals surface area contributed by atoms with Crippen molar-refractivity contribution in [1.29, 1.82) is 0 Å². The Labute approximate surface area is 103 Å². The standard InChI is InChI=1S/C9H14N8O/c1-6(5-7(10)13-18)16(2)9-4-3-8-11-14-15-17(8)12-9/h3-4,6,18H,5H2,1-2H3,(H2,10,13). The number of nitrogens with two attached hydrogens (primary N) is 1. The molecule has 0 fully saturated rings. The first-order valence-corrected chi connectivity index (χ1v) is 5.36. The maximum atomic E-state index is 8.55. The van der Waals surface area contributed by atoms with Gasteiger partial charge in [0.1, 0.15) is 5.84 Å². The van der Waals surface area contributed by atoms with Gasteiger partial charge in [-0.15, -0.1) is 14.8 Å². The maximum Gasteiger partial charge on any atom is 0.200 e. The summed E-state index contributed by atoms with van der Waals surface area (Å²) in [6.07, 6.45) is 0.433. The second-order valence-corrected chi connectivity index (χ2v) is 3.97. The predicted octanol–water partition coefficient (Wildman–Crippen LogP) is -0.519. The molecule has 0 bridgehead atoms. The van der Waals surface area contributed by atoms with Gasteiger partial charge in [-0.25, -0.2) is 0 Å². The van der Waals surface area contributed by atoms with Gasteiger partial charge in [-0.1, -0.05) is 5.16 Å². The molecule has 0 aliphatic carbocycles. The summed E-state index contributed by atoms with van der Waals surface area (Å²) in [4.78, 5) is 1.90. The topological polar surface area (TPSA) is 118 Å². The van der Waals surface area contributed by atoms with Crippen molar-refractivity contribution < 1.29 is 5.21 Å². The minimum atomic E-state index is 0.0299. The van der Waals surface area contributed by atoms with Crippen LogP contribution in [0.3, 0.4) is 0 Å². The molecule has 0 saturated carbocycles. The Morgan fingerprint density at radius 1 is 1.61 bits per heavy atom. The van der Waals surface area contributed by atoms with Gasteiger partial charge in [0.15, 0.2) is 11.5 Å². The van der Waals surface area contributed by atoms with Crippen LogP contribution in [0.15, 0.2) is 17.3 Å². The number of amidine groups is 1. The molecule has 0 aliphatic rings. The summed E-state index contributed by atoms with van der Waals surface area (Å²) in [6, 6.07) is 3.62. The summed E-state index contributed by atoms with van der Waals surface area (Å²) in [5.74, 6) is 0.880. The molecule has 96 valence electrons. The molecule has 0 spiro atoms. The van der Waals surface area contributed by atoms with Crippen LogP contribution in [0.4, 0.5) is 5.82 Å². The van der Waals surface area contributed by atoms with Crippen molar-refractivity contribution in [3.8, 4) is 0 Å². The van der Waals surface area contributed by atoms with Crippen molar-refractivity contribution >= 4 is 17.3 Å². The average Bonchev–Trinajstić information content (AvgIpc) is 2.84. The molecule has 2 rings (SSSR count). The van der Waals surface area contributed by atoms with Crippen LogP contribution < -0.4 is 10.6 Å². The normalized spacial score (nSPS) is 13.8. The highest BCUT2D eigenvalue weighted by atomic mass is 16.4. The number of aromatic nitrogens is 5.